The van der Waals surface area contributed by atoms with Gasteiger partial charge in [-0.1, -0.05) is 12.1 Å². The van der Waals surface area contributed by atoms with Gasteiger partial charge in [-0.2, -0.15) is 10.5 Å². The Balaban J connectivity index is 2.15. The monoisotopic (exact) mass is 281 g/mol. The molecule has 0 spiro atoms. The van der Waals surface area contributed by atoms with Crippen molar-refractivity contribution in [1.29, 1.82) is 10.5 Å². The third kappa shape index (κ3) is 3.31. The molecule has 1 aliphatic carbocycles. The number of hydrogen-bond acceptors (Lipinski definition) is 4. The van der Waals surface area contributed by atoms with Crippen molar-refractivity contribution in [2.45, 2.75) is 25.7 Å². The number of nitrogens with zero attached hydrogens (tertiary/aromatic N) is 2. The molecule has 6 heteroatoms. The number of nitrogens with one attached hydrogen (secondary N) is 2. The zero-order chi connectivity index (χ0) is 15.2. The van der Waals surface area contributed by atoms with E-state index in [-0.39, 0.29) is 11.4 Å². The van der Waals surface area contributed by atoms with Crippen LogP contribution in [0.15, 0.2) is 29.6 Å². The molecule has 4 N–H and O–H groups in total. The Kier molecular flexibility index (Phi) is 4.43. The average Bonchev–Trinajstić information content (AvgIpc) is 2.52. The molecule has 1 aliphatic rings. The Morgan fingerprint density at radius 2 is 1.95 bits per heavy atom. The van der Waals surface area contributed by atoms with E-state index in [1.54, 1.807) is 12.1 Å². The average molecular weight is 281 g/mol. The van der Waals surface area contributed by atoms with Gasteiger partial charge in [0.2, 0.25) is 0 Å². The smallest absolute Gasteiger partial charge is 0.324 e. The normalized spacial score (nSPS) is 14.0. The minimum absolute atomic E-state index is 0.250. The highest BCUT2D eigenvalue weighted by Crippen LogP contribution is 2.27. The van der Waals surface area contributed by atoms with Crippen LogP contribution in [0.2, 0.25) is 0 Å². The minimum Gasteiger partial charge on any atom is -0.388 e. The molecule has 6 nitrogen and oxygen atoms in total. The van der Waals surface area contributed by atoms with Crippen LogP contribution in [0.4, 0.5) is 10.5 Å². The number of anilines is 1. The molecular formula is C15H15N5O. The topological polar surface area (TPSA) is 115 Å². The highest BCUT2D eigenvalue weighted by molar-refractivity contribution is 5.92. The maximum atomic E-state index is 11.9. The summed E-state index contributed by atoms with van der Waals surface area (Å²) < 4.78 is 0. The van der Waals surface area contributed by atoms with E-state index >= 15 is 0 Å². The summed E-state index contributed by atoms with van der Waals surface area (Å²) in [6, 6.07) is 8.52. The number of hydrogen-bond donors (Lipinski definition) is 3. The van der Waals surface area contributed by atoms with Crippen LogP contribution in [0.3, 0.4) is 0 Å². The Bertz CT molecular complexity index is 678. The number of amides is 2. The molecule has 0 aliphatic heterocycles. The van der Waals surface area contributed by atoms with Crippen molar-refractivity contribution in [3.63, 3.8) is 0 Å². The second-order valence-electron chi connectivity index (χ2n) is 4.74. The maximum absolute atomic E-state index is 11.9. The number of nitrogens with two attached hydrogens (primary N) is 1. The van der Waals surface area contributed by atoms with Gasteiger partial charge in [0.05, 0.1) is 0 Å². The molecule has 0 aromatic heterocycles. The van der Waals surface area contributed by atoms with E-state index < -0.39 is 6.03 Å². The van der Waals surface area contributed by atoms with Gasteiger partial charge in [-0.05, 0) is 42.9 Å². The summed E-state index contributed by atoms with van der Waals surface area (Å²) in [7, 11) is 0. The van der Waals surface area contributed by atoms with E-state index in [0.717, 1.165) is 36.9 Å². The molecule has 2 amide bonds. The van der Waals surface area contributed by atoms with Crippen LogP contribution in [0.25, 0.3) is 0 Å². The zero-order valence-corrected chi connectivity index (χ0v) is 11.4. The molecule has 1 aromatic rings. The zero-order valence-electron chi connectivity index (χ0n) is 11.4. The van der Waals surface area contributed by atoms with Crippen LogP contribution in [0.5, 0.6) is 0 Å². The third-order valence-electron chi connectivity index (χ3n) is 3.38. The Hall–Kier alpha value is -2.99. The van der Waals surface area contributed by atoms with Gasteiger partial charge in [-0.3, -0.25) is 5.32 Å². The van der Waals surface area contributed by atoms with Crippen molar-refractivity contribution in [2.24, 2.45) is 5.73 Å². The minimum atomic E-state index is -0.580. The summed E-state index contributed by atoms with van der Waals surface area (Å²) in [6.45, 7) is 0. The van der Waals surface area contributed by atoms with Crippen LogP contribution in [0, 0.1) is 22.7 Å². The van der Waals surface area contributed by atoms with Crippen LogP contribution in [-0.4, -0.2) is 6.03 Å². The predicted molar refractivity (Wildman–Crippen MR) is 77.7 cm³/mol. The van der Waals surface area contributed by atoms with Crippen molar-refractivity contribution >= 4 is 11.7 Å². The quantitative estimate of drug-likeness (QED) is 0.718. The fraction of sp³-hybridized carbons (Fsp3) is 0.267. The Morgan fingerprint density at radius 3 is 2.67 bits per heavy atom. The number of aryl methyl sites for hydroxylation is 1. The summed E-state index contributed by atoms with van der Waals surface area (Å²) in [5, 5.41) is 22.5. The predicted octanol–water partition coefficient (Wildman–Crippen LogP) is 1.90. The lowest BCUT2D eigenvalue weighted by molar-refractivity contribution is 0.254. The largest absolute Gasteiger partial charge is 0.388 e. The van der Waals surface area contributed by atoms with Gasteiger partial charge in [0.15, 0.2) is 5.70 Å². The van der Waals surface area contributed by atoms with Gasteiger partial charge < -0.3 is 11.1 Å². The van der Waals surface area contributed by atoms with Crippen LogP contribution in [-0.2, 0) is 12.8 Å². The first-order chi connectivity index (χ1) is 10.2. The molecule has 0 atom stereocenters. The standard InChI is InChI=1S/C15H15N5O/c16-8-12(18)14(9-17)20-15(21)19-13-7-3-5-10-4-1-2-6-11(10)13/h3,5,7H,1-2,4,6,18H2,(H2,19,20,21). The lowest BCUT2D eigenvalue weighted by atomic mass is 9.90. The molecule has 21 heavy (non-hydrogen) atoms. The molecule has 0 saturated carbocycles. The van der Waals surface area contributed by atoms with E-state index in [2.05, 4.69) is 16.7 Å². The molecule has 0 unspecified atom stereocenters. The fourth-order valence-electron chi connectivity index (χ4n) is 2.38. The van der Waals surface area contributed by atoms with Crippen LogP contribution >= 0.6 is 0 Å². The number of benzene rings is 1. The summed E-state index contributed by atoms with van der Waals surface area (Å²) in [6.07, 6.45) is 4.19. The van der Waals surface area contributed by atoms with E-state index in [4.69, 9.17) is 16.3 Å². The van der Waals surface area contributed by atoms with Crippen molar-refractivity contribution in [3.05, 3.63) is 40.7 Å². The molecule has 0 fully saturated rings. The maximum Gasteiger partial charge on any atom is 0.324 e. The number of urea groups is 1. The molecule has 106 valence electrons. The number of carbonyl (C=O) groups excluding carboxylic acids is 1. The van der Waals surface area contributed by atoms with Gasteiger partial charge in [-0.25, -0.2) is 4.79 Å². The number of rotatable bonds is 2. The fourth-order valence-corrected chi connectivity index (χ4v) is 2.38. The SMILES string of the molecule is N#CC(N)=C(C#N)NC(=O)Nc1cccc2c1CCCC2. The first-order valence-corrected chi connectivity index (χ1v) is 6.64. The molecule has 0 bridgehead atoms. The Labute approximate surface area is 122 Å². The first-order valence-electron chi connectivity index (χ1n) is 6.64. The summed E-state index contributed by atoms with van der Waals surface area (Å²) >= 11 is 0. The van der Waals surface area contributed by atoms with Crippen LogP contribution < -0.4 is 16.4 Å². The highest BCUT2D eigenvalue weighted by atomic mass is 16.2. The molecule has 0 saturated heterocycles. The van der Waals surface area contributed by atoms with E-state index in [9.17, 15) is 4.79 Å². The summed E-state index contributed by atoms with van der Waals surface area (Å²) in [4.78, 5) is 11.9. The number of carbonyl (C=O) groups is 1. The first kappa shape index (κ1) is 14.4. The van der Waals surface area contributed by atoms with Gasteiger partial charge in [0, 0.05) is 5.69 Å². The van der Waals surface area contributed by atoms with E-state index in [1.165, 1.54) is 5.56 Å². The van der Waals surface area contributed by atoms with Crippen molar-refractivity contribution in [1.82, 2.24) is 5.32 Å². The van der Waals surface area contributed by atoms with Gasteiger partial charge in [-0.15, -0.1) is 0 Å². The van der Waals surface area contributed by atoms with Crippen molar-refractivity contribution in [2.75, 3.05) is 5.32 Å². The number of nitriles is 2. The summed E-state index contributed by atoms with van der Waals surface area (Å²) in [5.41, 5.74) is 7.88. The summed E-state index contributed by atoms with van der Waals surface area (Å²) in [5.74, 6) is 0. The molecule has 0 radical (unpaired) electrons. The van der Waals surface area contributed by atoms with Crippen molar-refractivity contribution < 1.29 is 4.79 Å². The lowest BCUT2D eigenvalue weighted by Gasteiger charge is -2.19. The van der Waals surface area contributed by atoms with Gasteiger partial charge >= 0.3 is 6.03 Å². The van der Waals surface area contributed by atoms with Gasteiger partial charge in [0.1, 0.15) is 17.8 Å². The molecule has 2 rings (SSSR count). The van der Waals surface area contributed by atoms with Crippen LogP contribution in [0.1, 0.15) is 24.0 Å². The number of fused-ring (bicyclic) bond motifs is 1. The molecular weight excluding hydrogens is 266 g/mol. The Morgan fingerprint density at radius 1 is 1.19 bits per heavy atom. The lowest BCUT2D eigenvalue weighted by Crippen LogP contribution is -2.30. The molecule has 1 aromatic carbocycles. The molecule has 0 heterocycles. The number of allylic oxidation sites excluding steroid dienone is 2. The van der Waals surface area contributed by atoms with Gasteiger partial charge in [0.25, 0.3) is 0 Å². The second kappa shape index (κ2) is 6.44. The van der Waals surface area contributed by atoms with Crippen molar-refractivity contribution in [3.8, 4) is 12.1 Å². The third-order valence-corrected chi connectivity index (χ3v) is 3.38. The van der Waals surface area contributed by atoms with E-state index in [1.807, 2.05) is 12.1 Å². The van der Waals surface area contributed by atoms with E-state index in [0.29, 0.717) is 0 Å². The second-order valence-corrected chi connectivity index (χ2v) is 4.74. The highest BCUT2D eigenvalue weighted by Gasteiger charge is 2.15.